The monoisotopic (exact) mass is 268 g/mol. The van der Waals surface area contributed by atoms with Crippen LogP contribution in [0.15, 0.2) is 23.7 Å². The molecule has 0 amide bonds. The van der Waals surface area contributed by atoms with E-state index in [2.05, 4.69) is 33.6 Å². The summed E-state index contributed by atoms with van der Waals surface area (Å²) in [6.45, 7) is 2.07. The van der Waals surface area contributed by atoms with E-state index in [9.17, 15) is 0 Å². The van der Waals surface area contributed by atoms with Crippen molar-refractivity contribution in [2.75, 3.05) is 17.7 Å². The van der Waals surface area contributed by atoms with Crippen LogP contribution in [0.5, 0.6) is 0 Å². The molecule has 0 bridgehead atoms. The summed E-state index contributed by atoms with van der Waals surface area (Å²) in [6.07, 6.45) is 1.59. The highest BCUT2D eigenvalue weighted by Crippen LogP contribution is 2.26. The number of anilines is 2. The average molecular weight is 269 g/mol. The largest absolute Gasteiger partial charge is 0.361 e. The Morgan fingerprint density at radius 2 is 2.29 bits per heavy atom. The quantitative estimate of drug-likeness (QED) is 0.892. The van der Waals surface area contributed by atoms with Crippen LogP contribution < -0.4 is 10.6 Å². The van der Waals surface area contributed by atoms with Gasteiger partial charge < -0.3 is 10.6 Å². The molecule has 0 aliphatic heterocycles. The summed E-state index contributed by atoms with van der Waals surface area (Å²) < 4.78 is 0. The van der Waals surface area contributed by atoms with Crippen LogP contribution in [-0.4, -0.2) is 17.0 Å². The molecule has 0 aliphatic rings. The number of thiophene rings is 1. The van der Waals surface area contributed by atoms with Crippen LogP contribution in [0.4, 0.5) is 11.8 Å². The summed E-state index contributed by atoms with van der Waals surface area (Å²) in [5, 5.41) is 8.73. The molecule has 6 heteroatoms. The van der Waals surface area contributed by atoms with Gasteiger partial charge in [0.15, 0.2) is 5.82 Å². The third-order valence-corrected chi connectivity index (χ3v) is 3.62. The van der Waals surface area contributed by atoms with Crippen molar-refractivity contribution in [3.8, 4) is 0 Å². The first-order chi connectivity index (χ1) is 8.20. The van der Waals surface area contributed by atoms with Gasteiger partial charge >= 0.3 is 0 Å². The van der Waals surface area contributed by atoms with Crippen molar-refractivity contribution in [1.29, 1.82) is 0 Å². The van der Waals surface area contributed by atoms with Gasteiger partial charge in [0.2, 0.25) is 5.95 Å². The first kappa shape index (κ1) is 12.1. The normalized spacial score (nSPS) is 12.2. The van der Waals surface area contributed by atoms with Gasteiger partial charge in [-0.25, -0.2) is 4.98 Å². The van der Waals surface area contributed by atoms with E-state index in [1.54, 1.807) is 24.6 Å². The van der Waals surface area contributed by atoms with Crippen molar-refractivity contribution in [1.82, 2.24) is 9.97 Å². The predicted molar refractivity (Wildman–Crippen MR) is 72.9 cm³/mol. The van der Waals surface area contributed by atoms with Gasteiger partial charge in [-0.2, -0.15) is 4.98 Å². The SMILES string of the molecule is CNc1ncc(Cl)c(NC(C)c2cccs2)n1. The Bertz CT molecular complexity index is 486. The summed E-state index contributed by atoms with van der Waals surface area (Å²) >= 11 is 7.75. The smallest absolute Gasteiger partial charge is 0.224 e. The van der Waals surface area contributed by atoms with Crippen LogP contribution in [0, 0.1) is 0 Å². The Labute approximate surface area is 109 Å². The van der Waals surface area contributed by atoms with Crippen molar-refractivity contribution >= 4 is 34.7 Å². The lowest BCUT2D eigenvalue weighted by molar-refractivity contribution is 0.894. The van der Waals surface area contributed by atoms with E-state index in [0.29, 0.717) is 16.8 Å². The number of aromatic nitrogens is 2. The van der Waals surface area contributed by atoms with Gasteiger partial charge in [0, 0.05) is 11.9 Å². The van der Waals surface area contributed by atoms with Crippen molar-refractivity contribution in [2.45, 2.75) is 13.0 Å². The summed E-state index contributed by atoms with van der Waals surface area (Å²) in [6, 6.07) is 4.28. The van der Waals surface area contributed by atoms with E-state index in [0.717, 1.165) is 0 Å². The fourth-order valence-electron chi connectivity index (χ4n) is 1.40. The highest BCUT2D eigenvalue weighted by atomic mass is 35.5. The molecule has 0 radical (unpaired) electrons. The molecule has 90 valence electrons. The molecule has 2 N–H and O–H groups in total. The van der Waals surface area contributed by atoms with E-state index in [1.807, 2.05) is 11.4 Å². The Hall–Kier alpha value is -1.33. The van der Waals surface area contributed by atoms with Crippen LogP contribution in [0.1, 0.15) is 17.8 Å². The van der Waals surface area contributed by atoms with E-state index in [4.69, 9.17) is 11.6 Å². The van der Waals surface area contributed by atoms with Crippen LogP contribution >= 0.6 is 22.9 Å². The average Bonchev–Trinajstić information content (AvgIpc) is 2.85. The van der Waals surface area contributed by atoms with Crippen molar-refractivity contribution in [3.05, 3.63) is 33.6 Å². The van der Waals surface area contributed by atoms with Crippen LogP contribution in [-0.2, 0) is 0 Å². The molecule has 0 spiro atoms. The van der Waals surface area contributed by atoms with E-state index < -0.39 is 0 Å². The molecule has 2 aromatic rings. The lowest BCUT2D eigenvalue weighted by Crippen LogP contribution is -2.08. The predicted octanol–water partition coefficient (Wildman–Crippen LogP) is 3.41. The first-order valence-corrected chi connectivity index (χ1v) is 6.46. The third kappa shape index (κ3) is 2.87. The van der Waals surface area contributed by atoms with Gasteiger partial charge in [0.25, 0.3) is 0 Å². The highest BCUT2D eigenvalue weighted by Gasteiger charge is 2.10. The molecule has 1 unspecified atom stereocenters. The molecule has 0 aromatic carbocycles. The fraction of sp³-hybridized carbons (Fsp3) is 0.273. The van der Waals surface area contributed by atoms with Gasteiger partial charge in [-0.3, -0.25) is 0 Å². The number of nitrogens with zero attached hydrogens (tertiary/aromatic N) is 2. The molecule has 0 saturated carbocycles. The van der Waals surface area contributed by atoms with E-state index in [-0.39, 0.29) is 6.04 Å². The molecule has 2 heterocycles. The maximum absolute atomic E-state index is 6.05. The van der Waals surface area contributed by atoms with Crippen molar-refractivity contribution in [2.24, 2.45) is 0 Å². The molecular formula is C11H13ClN4S. The molecule has 2 rings (SSSR count). The summed E-state index contributed by atoms with van der Waals surface area (Å²) in [7, 11) is 1.77. The second-order valence-corrected chi connectivity index (χ2v) is 4.91. The van der Waals surface area contributed by atoms with Crippen molar-refractivity contribution in [3.63, 3.8) is 0 Å². The second-order valence-electron chi connectivity index (χ2n) is 3.52. The van der Waals surface area contributed by atoms with E-state index >= 15 is 0 Å². The standard InChI is InChI=1S/C11H13ClN4S/c1-7(9-4-3-5-17-9)15-10-8(12)6-14-11(13-2)16-10/h3-7H,1-2H3,(H2,13,14,15,16). The molecule has 1 atom stereocenters. The van der Waals surface area contributed by atoms with Crippen LogP contribution in [0.3, 0.4) is 0 Å². The second kappa shape index (κ2) is 5.33. The summed E-state index contributed by atoms with van der Waals surface area (Å²) in [5.41, 5.74) is 0. The molecule has 0 fully saturated rings. The molecule has 4 nitrogen and oxygen atoms in total. The van der Waals surface area contributed by atoms with Crippen molar-refractivity contribution < 1.29 is 0 Å². The fourth-order valence-corrected chi connectivity index (χ4v) is 2.28. The summed E-state index contributed by atoms with van der Waals surface area (Å²) in [4.78, 5) is 9.56. The zero-order chi connectivity index (χ0) is 12.3. The number of rotatable bonds is 4. The van der Waals surface area contributed by atoms with Gasteiger partial charge in [0.05, 0.1) is 12.2 Å². The highest BCUT2D eigenvalue weighted by molar-refractivity contribution is 7.10. The maximum atomic E-state index is 6.05. The zero-order valence-corrected chi connectivity index (χ0v) is 11.1. The van der Waals surface area contributed by atoms with E-state index in [1.165, 1.54) is 4.88 Å². The van der Waals surface area contributed by atoms with Gasteiger partial charge in [0.1, 0.15) is 5.02 Å². The topological polar surface area (TPSA) is 49.8 Å². The molecular weight excluding hydrogens is 256 g/mol. The minimum Gasteiger partial charge on any atom is -0.361 e. The lowest BCUT2D eigenvalue weighted by atomic mass is 10.3. The minimum absolute atomic E-state index is 0.173. The molecule has 2 aromatic heterocycles. The van der Waals surface area contributed by atoms with Crippen LogP contribution in [0.2, 0.25) is 5.02 Å². The van der Waals surface area contributed by atoms with Crippen LogP contribution in [0.25, 0.3) is 0 Å². The first-order valence-electron chi connectivity index (χ1n) is 5.21. The maximum Gasteiger partial charge on any atom is 0.224 e. The molecule has 0 aliphatic carbocycles. The lowest BCUT2D eigenvalue weighted by Gasteiger charge is -2.14. The van der Waals surface area contributed by atoms with Gasteiger partial charge in [-0.15, -0.1) is 11.3 Å². The minimum atomic E-state index is 0.173. The number of hydrogen-bond acceptors (Lipinski definition) is 5. The Morgan fingerprint density at radius 1 is 1.47 bits per heavy atom. The number of halogens is 1. The molecule has 0 saturated heterocycles. The number of nitrogens with one attached hydrogen (secondary N) is 2. The Morgan fingerprint density at radius 3 is 2.94 bits per heavy atom. The van der Waals surface area contributed by atoms with Gasteiger partial charge in [-0.1, -0.05) is 17.7 Å². The number of hydrogen-bond donors (Lipinski definition) is 2. The van der Waals surface area contributed by atoms with Gasteiger partial charge in [-0.05, 0) is 18.4 Å². The Balaban J connectivity index is 2.18. The Kier molecular flexibility index (Phi) is 3.81. The molecule has 17 heavy (non-hydrogen) atoms. The zero-order valence-electron chi connectivity index (χ0n) is 9.57. The third-order valence-electron chi connectivity index (χ3n) is 2.29. The summed E-state index contributed by atoms with van der Waals surface area (Å²) in [5.74, 6) is 1.20.